The van der Waals surface area contributed by atoms with E-state index in [1.54, 1.807) is 0 Å². The van der Waals surface area contributed by atoms with Crippen LogP contribution in [0.2, 0.25) is 0 Å². The van der Waals surface area contributed by atoms with Gasteiger partial charge in [-0.1, -0.05) is 36.4 Å². The van der Waals surface area contributed by atoms with Crippen LogP contribution in [0.25, 0.3) is 0 Å². The number of nitro benzene ring substituents is 2. The molecule has 0 saturated carbocycles. The number of rotatable bonds is 12. The van der Waals surface area contributed by atoms with Crippen LogP contribution in [-0.2, 0) is 32.5 Å². The summed E-state index contributed by atoms with van der Waals surface area (Å²) in [4.78, 5) is 45.1. The normalized spacial score (nSPS) is 12.7. The van der Waals surface area contributed by atoms with Crippen LogP contribution in [0, 0.1) is 26.0 Å². The molecular weight excluding hydrogens is 539 g/mol. The van der Waals surface area contributed by atoms with Gasteiger partial charge in [0.25, 0.3) is 11.4 Å². The van der Waals surface area contributed by atoms with E-state index in [0.29, 0.717) is 5.56 Å². The highest BCUT2D eigenvalue weighted by Gasteiger charge is 2.33. The molecule has 13 nitrogen and oxygen atoms in total. The molecule has 0 spiro atoms. The molecule has 15 heteroatoms. The van der Waals surface area contributed by atoms with E-state index in [-0.39, 0.29) is 24.1 Å². The Hall–Kier alpha value is -4.76. The molecule has 204 valence electrons. The lowest BCUT2D eigenvalue weighted by atomic mass is 10.0. The van der Waals surface area contributed by atoms with Crippen molar-refractivity contribution < 1.29 is 37.4 Å². The number of nitrogens with one attached hydrogen (secondary N) is 2. The summed E-state index contributed by atoms with van der Waals surface area (Å²) in [5, 5.41) is 34.2. The molecule has 0 fully saturated rings. The first-order valence-corrected chi connectivity index (χ1v) is 12.6. The number of carboxylic acid groups (broad SMARTS) is 1. The topological polar surface area (TPSA) is 199 Å². The molecule has 0 aliphatic carbocycles. The minimum Gasteiger partial charge on any atom is -0.480 e. The average Bonchev–Trinajstić information content (AvgIpc) is 2.89. The zero-order chi connectivity index (χ0) is 28.7. The Morgan fingerprint density at radius 3 is 1.92 bits per heavy atom. The molecule has 2 atom stereocenters. The number of carboxylic acids is 1. The summed E-state index contributed by atoms with van der Waals surface area (Å²) in [6.07, 6.45) is -0.644. The lowest BCUT2D eigenvalue weighted by Crippen LogP contribution is -2.53. The van der Waals surface area contributed by atoms with Gasteiger partial charge in [-0.25, -0.2) is 17.6 Å². The monoisotopic (exact) mass is 560 g/mol. The third-order valence-electron chi connectivity index (χ3n) is 5.52. The Kier molecular flexibility index (Phi) is 9.00. The van der Waals surface area contributed by atoms with Crippen molar-refractivity contribution in [2.75, 3.05) is 0 Å². The maximum Gasteiger partial charge on any atom is 0.326 e. The number of sulfonamides is 1. The summed E-state index contributed by atoms with van der Waals surface area (Å²) >= 11 is 0. The van der Waals surface area contributed by atoms with Crippen LogP contribution in [0.1, 0.15) is 11.1 Å². The molecular formula is C24H21FN4O9S. The number of hydrogen-bond donors (Lipinski definition) is 3. The SMILES string of the molecule is O=C(O)C(Cc1ccc(F)cc1)NC(=O)C(Cc1ccc([N+](=O)[O-])cc1)NS(=O)(=O)c1ccccc1[N+](=O)[O-]. The van der Waals surface area contributed by atoms with Crippen molar-refractivity contribution in [1.82, 2.24) is 10.0 Å². The Morgan fingerprint density at radius 1 is 0.846 bits per heavy atom. The molecule has 0 aromatic heterocycles. The highest BCUT2D eigenvalue weighted by atomic mass is 32.2. The van der Waals surface area contributed by atoms with E-state index in [4.69, 9.17) is 0 Å². The predicted octanol–water partition coefficient (Wildman–Crippen LogP) is 2.34. The maximum atomic E-state index is 13.2. The average molecular weight is 561 g/mol. The number of para-hydroxylation sites is 1. The predicted molar refractivity (Wildman–Crippen MR) is 134 cm³/mol. The minimum atomic E-state index is -4.69. The van der Waals surface area contributed by atoms with Crippen molar-refractivity contribution in [3.05, 3.63) is 110 Å². The molecule has 0 heterocycles. The van der Waals surface area contributed by atoms with Gasteiger partial charge in [0.1, 0.15) is 17.9 Å². The van der Waals surface area contributed by atoms with Crippen LogP contribution in [0.15, 0.2) is 77.7 Å². The zero-order valence-electron chi connectivity index (χ0n) is 19.9. The molecule has 0 aliphatic rings. The van der Waals surface area contributed by atoms with Crippen LogP contribution in [0.5, 0.6) is 0 Å². The van der Waals surface area contributed by atoms with Gasteiger partial charge in [-0.3, -0.25) is 25.0 Å². The first-order chi connectivity index (χ1) is 18.4. The summed E-state index contributed by atoms with van der Waals surface area (Å²) in [7, 11) is -4.69. The number of non-ortho nitro benzene ring substituents is 1. The highest BCUT2D eigenvalue weighted by molar-refractivity contribution is 7.89. The lowest BCUT2D eigenvalue weighted by molar-refractivity contribution is -0.387. The van der Waals surface area contributed by atoms with Crippen molar-refractivity contribution in [2.45, 2.75) is 29.8 Å². The van der Waals surface area contributed by atoms with Gasteiger partial charge in [-0.2, -0.15) is 4.72 Å². The van der Waals surface area contributed by atoms with Crippen LogP contribution in [0.3, 0.4) is 0 Å². The van der Waals surface area contributed by atoms with Crippen LogP contribution in [0.4, 0.5) is 15.8 Å². The molecule has 0 saturated heterocycles. The number of amides is 1. The van der Waals surface area contributed by atoms with Gasteiger partial charge in [-0.05, 0) is 35.7 Å². The van der Waals surface area contributed by atoms with Crippen molar-refractivity contribution in [3.63, 3.8) is 0 Å². The van der Waals surface area contributed by atoms with Gasteiger partial charge in [0, 0.05) is 24.6 Å². The molecule has 39 heavy (non-hydrogen) atoms. The number of hydrogen-bond acceptors (Lipinski definition) is 8. The van der Waals surface area contributed by atoms with Gasteiger partial charge < -0.3 is 10.4 Å². The van der Waals surface area contributed by atoms with Gasteiger partial charge >= 0.3 is 5.97 Å². The van der Waals surface area contributed by atoms with Gasteiger partial charge in [-0.15, -0.1) is 0 Å². The third-order valence-corrected chi connectivity index (χ3v) is 7.04. The van der Waals surface area contributed by atoms with E-state index in [9.17, 15) is 47.7 Å². The Balaban J connectivity index is 1.93. The van der Waals surface area contributed by atoms with Crippen LogP contribution < -0.4 is 10.0 Å². The number of halogens is 1. The minimum absolute atomic E-state index is 0.259. The standard InChI is InChI=1S/C24H21FN4O9S/c25-17-9-5-15(6-10-17)14-20(24(31)32)26-23(30)19(13-16-7-11-18(12-8-16)28(33)34)27-39(37,38)22-4-2-1-3-21(22)29(35)36/h1-12,19-20,27H,13-14H2,(H,26,30)(H,31,32). The number of carbonyl (C=O) groups excluding carboxylic acids is 1. The van der Waals surface area contributed by atoms with Crippen molar-refractivity contribution in [2.24, 2.45) is 0 Å². The van der Waals surface area contributed by atoms with E-state index < -0.39 is 60.2 Å². The molecule has 3 N–H and O–H groups in total. The maximum absolute atomic E-state index is 13.2. The second kappa shape index (κ2) is 12.2. The van der Waals surface area contributed by atoms with Crippen LogP contribution in [-0.4, -0.2) is 47.3 Å². The molecule has 0 bridgehead atoms. The summed E-state index contributed by atoms with van der Waals surface area (Å²) in [5.41, 5.74) is -0.363. The third kappa shape index (κ3) is 7.62. The number of aliphatic carboxylic acids is 1. The quantitative estimate of drug-likeness (QED) is 0.220. The lowest BCUT2D eigenvalue weighted by Gasteiger charge is -2.22. The highest BCUT2D eigenvalue weighted by Crippen LogP contribution is 2.23. The van der Waals surface area contributed by atoms with E-state index in [1.807, 2.05) is 0 Å². The second-order valence-electron chi connectivity index (χ2n) is 8.26. The molecule has 2 unspecified atom stereocenters. The number of nitro groups is 2. The van der Waals surface area contributed by atoms with Crippen LogP contribution >= 0.6 is 0 Å². The summed E-state index contributed by atoms with van der Waals surface area (Å²) in [6, 6.07) is 10.9. The summed E-state index contributed by atoms with van der Waals surface area (Å²) < 4.78 is 41.5. The first-order valence-electron chi connectivity index (χ1n) is 11.1. The fraction of sp³-hybridized carbons (Fsp3) is 0.167. The van der Waals surface area contributed by atoms with Crippen molar-refractivity contribution in [3.8, 4) is 0 Å². The first kappa shape index (κ1) is 28.8. The summed E-state index contributed by atoms with van der Waals surface area (Å²) in [5.74, 6) is -3.09. The number of nitrogens with zero attached hydrogens (tertiary/aromatic N) is 2. The van der Waals surface area contributed by atoms with E-state index in [2.05, 4.69) is 10.0 Å². The van der Waals surface area contributed by atoms with Gasteiger partial charge in [0.05, 0.1) is 9.85 Å². The Morgan fingerprint density at radius 2 is 1.38 bits per heavy atom. The molecule has 1 amide bonds. The van der Waals surface area contributed by atoms with Gasteiger partial charge in [0.2, 0.25) is 15.9 Å². The molecule has 0 aliphatic heterocycles. The van der Waals surface area contributed by atoms with Crippen molar-refractivity contribution in [1.29, 1.82) is 0 Å². The second-order valence-corrected chi connectivity index (χ2v) is 9.94. The molecule has 3 aromatic rings. The number of benzene rings is 3. The Bertz CT molecular complexity index is 1500. The fourth-order valence-corrected chi connectivity index (χ4v) is 4.96. The van der Waals surface area contributed by atoms with E-state index >= 15 is 0 Å². The zero-order valence-corrected chi connectivity index (χ0v) is 20.7. The molecule has 3 aromatic carbocycles. The van der Waals surface area contributed by atoms with E-state index in [1.165, 1.54) is 36.4 Å². The molecule has 0 radical (unpaired) electrons. The van der Waals surface area contributed by atoms with Gasteiger partial charge in [0.15, 0.2) is 4.90 Å². The smallest absolute Gasteiger partial charge is 0.326 e. The number of carbonyl (C=O) groups is 2. The molecule has 3 rings (SSSR count). The fourth-order valence-electron chi connectivity index (χ4n) is 3.59. The van der Waals surface area contributed by atoms with Crippen molar-refractivity contribution >= 4 is 33.3 Å². The largest absolute Gasteiger partial charge is 0.480 e. The summed E-state index contributed by atoms with van der Waals surface area (Å²) in [6.45, 7) is 0. The Labute approximate surface area is 220 Å². The van der Waals surface area contributed by atoms with E-state index in [0.717, 1.165) is 36.4 Å².